The van der Waals surface area contributed by atoms with E-state index in [1.165, 1.54) is 0 Å². The first kappa shape index (κ1) is 15.5. The summed E-state index contributed by atoms with van der Waals surface area (Å²) >= 11 is 0. The van der Waals surface area contributed by atoms with E-state index >= 15 is 0 Å². The second-order valence-corrected chi connectivity index (χ2v) is 4.80. The topological polar surface area (TPSA) is 84.6 Å². The fourth-order valence-electron chi connectivity index (χ4n) is 1.56. The quantitative estimate of drug-likeness (QED) is 0.712. The molecule has 5 nitrogen and oxygen atoms in total. The van der Waals surface area contributed by atoms with Gasteiger partial charge in [-0.15, -0.1) is 0 Å². The third-order valence-electron chi connectivity index (χ3n) is 2.99. The summed E-state index contributed by atoms with van der Waals surface area (Å²) in [6, 6.07) is 6.50. The van der Waals surface area contributed by atoms with Crippen LogP contribution >= 0.6 is 0 Å². The zero-order valence-corrected chi connectivity index (χ0v) is 11.6. The van der Waals surface area contributed by atoms with Crippen molar-refractivity contribution < 1.29 is 14.6 Å². The van der Waals surface area contributed by atoms with Gasteiger partial charge in [-0.3, -0.25) is 4.79 Å². The molecule has 0 spiro atoms. The smallest absolute Gasteiger partial charge is 0.237 e. The van der Waals surface area contributed by atoms with E-state index in [0.29, 0.717) is 0 Å². The Hall–Kier alpha value is -1.59. The van der Waals surface area contributed by atoms with Gasteiger partial charge in [0.2, 0.25) is 5.91 Å². The number of rotatable bonds is 6. The van der Waals surface area contributed by atoms with Gasteiger partial charge in [0.25, 0.3) is 0 Å². The molecule has 0 aliphatic rings. The lowest BCUT2D eigenvalue weighted by molar-refractivity contribution is -0.123. The summed E-state index contributed by atoms with van der Waals surface area (Å²) in [6.45, 7) is 3.90. The highest BCUT2D eigenvalue weighted by atomic mass is 16.5. The lowest BCUT2D eigenvalue weighted by Gasteiger charge is -2.17. The van der Waals surface area contributed by atoms with Gasteiger partial charge in [0, 0.05) is 6.54 Å². The van der Waals surface area contributed by atoms with E-state index < -0.39 is 12.1 Å². The van der Waals surface area contributed by atoms with Crippen LogP contribution in [0.2, 0.25) is 0 Å². The van der Waals surface area contributed by atoms with Crippen LogP contribution in [0.5, 0.6) is 5.75 Å². The summed E-state index contributed by atoms with van der Waals surface area (Å²) < 4.78 is 5.04. The van der Waals surface area contributed by atoms with Crippen molar-refractivity contribution in [2.75, 3.05) is 13.7 Å². The van der Waals surface area contributed by atoms with Crippen molar-refractivity contribution >= 4 is 5.91 Å². The van der Waals surface area contributed by atoms with Gasteiger partial charge in [-0.2, -0.15) is 0 Å². The van der Waals surface area contributed by atoms with E-state index in [0.717, 1.165) is 11.3 Å². The Bertz CT molecular complexity index is 404. The molecule has 0 aliphatic heterocycles. The number of nitrogens with one attached hydrogen (secondary N) is 1. The number of amides is 1. The number of carbonyl (C=O) groups is 1. The Kier molecular flexibility index (Phi) is 5.79. The number of benzene rings is 1. The van der Waals surface area contributed by atoms with Crippen LogP contribution in [0.4, 0.5) is 0 Å². The Morgan fingerprint density at radius 2 is 1.95 bits per heavy atom. The molecule has 0 bridgehead atoms. The second kappa shape index (κ2) is 7.11. The van der Waals surface area contributed by atoms with Crippen molar-refractivity contribution in [2.24, 2.45) is 11.7 Å². The maximum atomic E-state index is 11.7. The van der Waals surface area contributed by atoms with Crippen LogP contribution in [-0.2, 0) is 4.79 Å². The molecule has 1 rings (SSSR count). The summed E-state index contributed by atoms with van der Waals surface area (Å²) in [6.07, 6.45) is -0.755. The molecule has 0 heterocycles. The van der Waals surface area contributed by atoms with Crippen LogP contribution < -0.4 is 15.8 Å². The predicted molar refractivity (Wildman–Crippen MR) is 73.8 cm³/mol. The summed E-state index contributed by atoms with van der Waals surface area (Å²) in [7, 11) is 1.58. The van der Waals surface area contributed by atoms with Gasteiger partial charge in [0.1, 0.15) is 5.75 Å². The summed E-state index contributed by atoms with van der Waals surface area (Å²) in [5, 5.41) is 12.6. The lowest BCUT2D eigenvalue weighted by atomic mass is 10.0. The zero-order chi connectivity index (χ0) is 14.4. The Labute approximate surface area is 113 Å². The molecule has 0 radical (unpaired) electrons. The Morgan fingerprint density at radius 3 is 2.42 bits per heavy atom. The van der Waals surface area contributed by atoms with Crippen LogP contribution in [0.25, 0.3) is 0 Å². The molecule has 1 amide bonds. The van der Waals surface area contributed by atoms with Gasteiger partial charge >= 0.3 is 0 Å². The highest BCUT2D eigenvalue weighted by Gasteiger charge is 2.18. The van der Waals surface area contributed by atoms with Gasteiger partial charge in [-0.05, 0) is 23.6 Å². The predicted octanol–water partition coefficient (Wildman–Crippen LogP) is 0.828. The van der Waals surface area contributed by atoms with Crippen molar-refractivity contribution in [1.82, 2.24) is 5.32 Å². The maximum Gasteiger partial charge on any atom is 0.237 e. The van der Waals surface area contributed by atoms with Crippen molar-refractivity contribution in [3.63, 3.8) is 0 Å². The SMILES string of the molecule is COc1ccc(C(O)CNC(=O)[C@@H](N)C(C)C)cc1. The Morgan fingerprint density at radius 1 is 1.37 bits per heavy atom. The minimum atomic E-state index is -0.755. The molecule has 5 heteroatoms. The van der Waals surface area contributed by atoms with Crippen LogP contribution in [0, 0.1) is 5.92 Å². The number of hydrogen-bond acceptors (Lipinski definition) is 4. The summed E-state index contributed by atoms with van der Waals surface area (Å²) in [5.41, 5.74) is 6.43. The van der Waals surface area contributed by atoms with E-state index in [1.807, 2.05) is 13.8 Å². The molecule has 1 aromatic rings. The van der Waals surface area contributed by atoms with Gasteiger partial charge in [0.15, 0.2) is 0 Å². The van der Waals surface area contributed by atoms with E-state index in [-0.39, 0.29) is 18.4 Å². The minimum Gasteiger partial charge on any atom is -0.497 e. The molecule has 2 atom stereocenters. The molecule has 0 aliphatic carbocycles. The van der Waals surface area contributed by atoms with E-state index in [4.69, 9.17) is 10.5 Å². The molecular weight excluding hydrogens is 244 g/mol. The van der Waals surface area contributed by atoms with Gasteiger partial charge < -0.3 is 20.9 Å². The normalized spacial score (nSPS) is 14.0. The molecule has 4 N–H and O–H groups in total. The lowest BCUT2D eigenvalue weighted by Crippen LogP contribution is -2.45. The molecular formula is C14H22N2O3. The number of ether oxygens (including phenoxy) is 1. The largest absolute Gasteiger partial charge is 0.497 e. The van der Waals surface area contributed by atoms with Crippen LogP contribution in [0.1, 0.15) is 25.5 Å². The fourth-order valence-corrected chi connectivity index (χ4v) is 1.56. The molecule has 0 aromatic heterocycles. The Balaban J connectivity index is 2.50. The van der Waals surface area contributed by atoms with E-state index in [1.54, 1.807) is 31.4 Å². The number of carbonyl (C=O) groups excluding carboxylic acids is 1. The first-order chi connectivity index (χ1) is 8.95. The number of hydrogen-bond donors (Lipinski definition) is 3. The summed E-state index contributed by atoms with van der Waals surface area (Å²) in [4.78, 5) is 11.7. The highest BCUT2D eigenvalue weighted by Crippen LogP contribution is 2.16. The monoisotopic (exact) mass is 266 g/mol. The standard InChI is InChI=1S/C14H22N2O3/c1-9(2)13(15)14(18)16-8-12(17)10-4-6-11(19-3)7-5-10/h4-7,9,12-13,17H,8,15H2,1-3H3,(H,16,18)/t12?,13-/m0/s1. The van der Waals surface area contributed by atoms with Crippen molar-refractivity contribution in [3.05, 3.63) is 29.8 Å². The molecule has 0 fully saturated rings. The van der Waals surface area contributed by atoms with Crippen LogP contribution in [0.15, 0.2) is 24.3 Å². The first-order valence-corrected chi connectivity index (χ1v) is 6.31. The van der Waals surface area contributed by atoms with E-state index in [2.05, 4.69) is 5.32 Å². The van der Waals surface area contributed by atoms with Crippen molar-refractivity contribution in [2.45, 2.75) is 26.0 Å². The highest BCUT2D eigenvalue weighted by molar-refractivity contribution is 5.81. The number of methoxy groups -OCH3 is 1. The molecule has 0 saturated carbocycles. The molecule has 1 unspecified atom stereocenters. The minimum absolute atomic E-state index is 0.0677. The van der Waals surface area contributed by atoms with Crippen LogP contribution in [-0.4, -0.2) is 30.7 Å². The molecule has 106 valence electrons. The average Bonchev–Trinajstić information content (AvgIpc) is 2.43. The molecule has 1 aromatic carbocycles. The maximum absolute atomic E-state index is 11.7. The molecule has 19 heavy (non-hydrogen) atoms. The third kappa shape index (κ3) is 4.54. The molecule has 0 saturated heterocycles. The van der Waals surface area contributed by atoms with Crippen molar-refractivity contribution in [3.8, 4) is 5.75 Å². The second-order valence-electron chi connectivity index (χ2n) is 4.80. The van der Waals surface area contributed by atoms with Gasteiger partial charge in [0.05, 0.1) is 19.3 Å². The third-order valence-corrected chi connectivity index (χ3v) is 2.99. The van der Waals surface area contributed by atoms with Crippen LogP contribution in [0.3, 0.4) is 0 Å². The van der Waals surface area contributed by atoms with Gasteiger partial charge in [-0.25, -0.2) is 0 Å². The number of nitrogens with two attached hydrogens (primary N) is 1. The van der Waals surface area contributed by atoms with Crippen molar-refractivity contribution in [1.29, 1.82) is 0 Å². The van der Waals surface area contributed by atoms with E-state index in [9.17, 15) is 9.90 Å². The number of aliphatic hydroxyl groups is 1. The fraction of sp³-hybridized carbons (Fsp3) is 0.500. The average molecular weight is 266 g/mol. The first-order valence-electron chi connectivity index (χ1n) is 6.31. The summed E-state index contributed by atoms with van der Waals surface area (Å²) in [5.74, 6) is 0.544. The number of aliphatic hydroxyl groups excluding tert-OH is 1. The zero-order valence-electron chi connectivity index (χ0n) is 11.6. The van der Waals surface area contributed by atoms with Gasteiger partial charge in [-0.1, -0.05) is 26.0 Å².